The van der Waals surface area contributed by atoms with Gasteiger partial charge < -0.3 is 20.3 Å². The summed E-state index contributed by atoms with van der Waals surface area (Å²) in [5.74, 6) is 3.47. The largest absolute Gasteiger partial charge is 0.450 e. The summed E-state index contributed by atoms with van der Waals surface area (Å²) in [4.78, 5) is 12.0. The first kappa shape index (κ1) is 28.2. The molecule has 4 aliphatic carbocycles. The number of aliphatic hydroxyl groups excluding tert-OH is 2. The van der Waals surface area contributed by atoms with Crippen molar-refractivity contribution >= 4 is 6.09 Å². The molecule has 5 heteroatoms. The van der Waals surface area contributed by atoms with Crippen molar-refractivity contribution < 1.29 is 19.7 Å². The molecule has 0 saturated heterocycles. The van der Waals surface area contributed by atoms with Gasteiger partial charge in [-0.2, -0.15) is 0 Å². The topological polar surface area (TPSA) is 78.8 Å². The highest BCUT2D eigenvalue weighted by Crippen LogP contribution is 2.69. The van der Waals surface area contributed by atoms with Crippen molar-refractivity contribution in [3.05, 3.63) is 0 Å². The fourth-order valence-electron chi connectivity index (χ4n) is 10.1. The summed E-state index contributed by atoms with van der Waals surface area (Å²) >= 11 is 0. The van der Waals surface area contributed by atoms with Crippen LogP contribution in [-0.4, -0.2) is 41.7 Å². The van der Waals surface area contributed by atoms with Crippen molar-refractivity contribution in [2.24, 2.45) is 52.3 Å². The fraction of sp³-hybridized carbons (Fsp3) is 0.968. The van der Waals surface area contributed by atoms with Crippen LogP contribution in [0.5, 0.6) is 0 Å². The molecule has 0 aromatic rings. The van der Waals surface area contributed by atoms with Crippen LogP contribution in [0.3, 0.4) is 0 Å². The molecule has 5 nitrogen and oxygen atoms in total. The number of alkyl carbamates (subject to hydrolysis) is 1. The van der Waals surface area contributed by atoms with Crippen molar-refractivity contribution in [1.29, 1.82) is 0 Å². The zero-order chi connectivity index (χ0) is 26.1. The molecular weight excluding hydrogens is 450 g/mol. The van der Waals surface area contributed by atoms with Crippen LogP contribution in [0.25, 0.3) is 0 Å². The van der Waals surface area contributed by atoms with Crippen LogP contribution in [0.2, 0.25) is 0 Å². The van der Waals surface area contributed by atoms with E-state index in [0.29, 0.717) is 54.6 Å². The van der Waals surface area contributed by atoms with Crippen molar-refractivity contribution in [1.82, 2.24) is 5.32 Å². The SMILES string of the molecule is CCCCCNC(=O)OCC[C@@H](C)[C@H]1CC[C@H]2C3[C@H](O)[C@H](CC)C4C[C@H](O)CC[C@@]4(C)[C@H]3CCC12C. The van der Waals surface area contributed by atoms with Crippen LogP contribution in [0, 0.1) is 52.3 Å². The number of amides is 1. The van der Waals surface area contributed by atoms with Crippen LogP contribution in [-0.2, 0) is 4.74 Å². The first-order valence-electron chi connectivity index (χ1n) is 15.4. The second kappa shape index (κ2) is 11.5. The van der Waals surface area contributed by atoms with E-state index in [1.165, 1.54) is 25.7 Å². The van der Waals surface area contributed by atoms with Gasteiger partial charge in [0.1, 0.15) is 0 Å². The molecule has 1 amide bonds. The highest BCUT2D eigenvalue weighted by atomic mass is 16.5. The summed E-state index contributed by atoms with van der Waals surface area (Å²) < 4.78 is 5.52. The lowest BCUT2D eigenvalue weighted by Gasteiger charge is -2.64. The van der Waals surface area contributed by atoms with E-state index in [1.54, 1.807) is 0 Å². The van der Waals surface area contributed by atoms with Crippen LogP contribution in [0.15, 0.2) is 0 Å². The summed E-state index contributed by atoms with van der Waals surface area (Å²) in [6, 6.07) is 0. The van der Waals surface area contributed by atoms with Crippen molar-refractivity contribution in [3.63, 3.8) is 0 Å². The minimum Gasteiger partial charge on any atom is -0.450 e. The van der Waals surface area contributed by atoms with Gasteiger partial charge in [0, 0.05) is 6.54 Å². The van der Waals surface area contributed by atoms with Crippen LogP contribution in [0.4, 0.5) is 4.79 Å². The van der Waals surface area contributed by atoms with Gasteiger partial charge in [-0.15, -0.1) is 0 Å². The molecule has 3 N–H and O–H groups in total. The summed E-state index contributed by atoms with van der Waals surface area (Å²) in [6.45, 7) is 13.0. The lowest BCUT2D eigenvalue weighted by Crippen LogP contribution is -2.62. The highest BCUT2D eigenvalue weighted by molar-refractivity contribution is 5.66. The van der Waals surface area contributed by atoms with Gasteiger partial charge in [-0.25, -0.2) is 4.79 Å². The molecule has 4 fully saturated rings. The Hall–Kier alpha value is -0.810. The Balaban J connectivity index is 1.40. The lowest BCUT2D eigenvalue weighted by molar-refractivity contribution is -0.203. The Labute approximate surface area is 220 Å². The van der Waals surface area contributed by atoms with Gasteiger partial charge in [-0.3, -0.25) is 0 Å². The molecule has 208 valence electrons. The van der Waals surface area contributed by atoms with E-state index in [2.05, 4.69) is 39.9 Å². The Morgan fingerprint density at radius 1 is 1.00 bits per heavy atom. The normalized spacial score (nSPS) is 44.8. The maximum atomic E-state index is 12.0. The Kier molecular flexibility index (Phi) is 9.02. The minimum absolute atomic E-state index is 0.188. The standard InChI is InChI=1S/C31H55NO4/c1-6-8-9-17-32-29(35)36-18-14-20(3)23-10-11-24-27-25(13-16-30(23,24)4)31(5)15-12-21(33)19-26(31)22(7-2)28(27)34/h20-28,33-34H,6-19H2,1-5H3,(H,32,35)/t20-,21-,22-,23-,24+,25+,26?,27?,28-,30?,31+/m1/s1. The van der Waals surface area contributed by atoms with E-state index < -0.39 is 0 Å². The van der Waals surface area contributed by atoms with Crippen LogP contribution in [0.1, 0.15) is 112 Å². The third kappa shape index (κ3) is 5.09. The predicted octanol–water partition coefficient (Wildman–Crippen LogP) is 6.56. The second-order valence-corrected chi connectivity index (χ2v) is 13.7. The molecule has 0 aliphatic heterocycles. The number of fused-ring (bicyclic) bond motifs is 5. The molecule has 4 saturated carbocycles. The molecule has 0 aromatic carbocycles. The van der Waals surface area contributed by atoms with E-state index in [0.717, 1.165) is 51.4 Å². The fourth-order valence-corrected chi connectivity index (χ4v) is 10.1. The number of nitrogens with one attached hydrogen (secondary N) is 1. The highest BCUT2D eigenvalue weighted by Gasteiger charge is 2.64. The maximum Gasteiger partial charge on any atom is 0.407 e. The smallest absolute Gasteiger partial charge is 0.407 e. The minimum atomic E-state index is -0.273. The lowest BCUT2D eigenvalue weighted by atomic mass is 9.41. The maximum absolute atomic E-state index is 12.0. The van der Waals surface area contributed by atoms with E-state index in [-0.39, 0.29) is 29.1 Å². The van der Waals surface area contributed by atoms with Crippen LogP contribution >= 0.6 is 0 Å². The summed E-state index contributed by atoms with van der Waals surface area (Å²) in [5, 5.41) is 25.2. The van der Waals surface area contributed by atoms with Crippen LogP contribution < -0.4 is 5.32 Å². The van der Waals surface area contributed by atoms with Gasteiger partial charge in [0.05, 0.1) is 18.8 Å². The second-order valence-electron chi connectivity index (χ2n) is 13.7. The number of carbonyl (C=O) groups excluding carboxylic acids is 1. The Bertz CT molecular complexity index is 744. The van der Waals surface area contributed by atoms with Crippen molar-refractivity contribution in [2.75, 3.05) is 13.2 Å². The first-order chi connectivity index (χ1) is 17.2. The molecule has 0 spiro atoms. The summed E-state index contributed by atoms with van der Waals surface area (Å²) in [7, 11) is 0. The molecule has 3 unspecified atom stereocenters. The number of hydrogen-bond acceptors (Lipinski definition) is 4. The number of carbonyl (C=O) groups is 1. The van der Waals surface area contributed by atoms with Gasteiger partial charge in [-0.05, 0) is 110 Å². The number of unbranched alkanes of at least 4 members (excludes halogenated alkanes) is 2. The quantitative estimate of drug-likeness (QED) is 0.310. The zero-order valence-corrected chi connectivity index (χ0v) is 23.8. The number of hydrogen-bond donors (Lipinski definition) is 3. The monoisotopic (exact) mass is 505 g/mol. The predicted molar refractivity (Wildman–Crippen MR) is 144 cm³/mol. The van der Waals surface area contributed by atoms with Crippen molar-refractivity contribution in [3.8, 4) is 0 Å². The van der Waals surface area contributed by atoms with E-state index in [1.807, 2.05) is 0 Å². The zero-order valence-electron chi connectivity index (χ0n) is 23.8. The van der Waals surface area contributed by atoms with E-state index in [4.69, 9.17) is 4.74 Å². The molecule has 4 rings (SSSR count). The third-order valence-electron chi connectivity index (χ3n) is 12.0. The Morgan fingerprint density at radius 3 is 2.44 bits per heavy atom. The molecule has 4 aliphatic rings. The van der Waals surface area contributed by atoms with Crippen molar-refractivity contribution in [2.45, 2.75) is 124 Å². The van der Waals surface area contributed by atoms with Gasteiger partial charge in [0.2, 0.25) is 0 Å². The summed E-state index contributed by atoms with van der Waals surface area (Å²) in [5.41, 5.74) is 0.521. The average Bonchev–Trinajstić information content (AvgIpc) is 3.20. The third-order valence-corrected chi connectivity index (χ3v) is 12.0. The Morgan fingerprint density at radius 2 is 1.72 bits per heavy atom. The number of ether oxygens (including phenoxy) is 1. The molecule has 0 aromatic heterocycles. The molecule has 36 heavy (non-hydrogen) atoms. The summed E-state index contributed by atoms with van der Waals surface area (Å²) in [6.07, 6.45) is 12.4. The molecule has 11 atom stereocenters. The van der Waals surface area contributed by atoms with Gasteiger partial charge in [0.15, 0.2) is 0 Å². The van der Waals surface area contributed by atoms with Gasteiger partial charge >= 0.3 is 6.09 Å². The first-order valence-corrected chi connectivity index (χ1v) is 15.4. The van der Waals surface area contributed by atoms with Gasteiger partial charge in [0.25, 0.3) is 0 Å². The number of rotatable bonds is 9. The number of aliphatic hydroxyl groups is 2. The average molecular weight is 506 g/mol. The molecule has 0 radical (unpaired) electrons. The van der Waals surface area contributed by atoms with E-state index >= 15 is 0 Å². The van der Waals surface area contributed by atoms with E-state index in [9.17, 15) is 15.0 Å². The molecular formula is C31H55NO4. The van der Waals surface area contributed by atoms with Gasteiger partial charge in [-0.1, -0.05) is 53.9 Å². The molecule has 0 heterocycles. The molecule has 0 bridgehead atoms.